The van der Waals surface area contributed by atoms with Crippen LogP contribution < -0.4 is 20.9 Å². The van der Waals surface area contributed by atoms with Gasteiger partial charge in [-0.2, -0.15) is 26.3 Å². The van der Waals surface area contributed by atoms with E-state index in [2.05, 4.69) is 0 Å². The molecule has 0 aliphatic rings. The standard InChI is InChI=1S/C20H11F9N2O2/c21-10-3-1-8(30)5-12(10)32-14-7-15(33-13-6-9(31)2-4-11(13)22)17(20(27,28)29)18(23)16(14)19(24,25)26/h1-7H,30-31H2. The van der Waals surface area contributed by atoms with Crippen LogP contribution in [-0.4, -0.2) is 0 Å². The predicted molar refractivity (Wildman–Crippen MR) is 98.2 cm³/mol. The summed E-state index contributed by atoms with van der Waals surface area (Å²) in [6.45, 7) is 0. The number of alkyl halides is 6. The van der Waals surface area contributed by atoms with Crippen LogP contribution in [0.3, 0.4) is 0 Å². The number of nitrogen functional groups attached to an aromatic ring is 2. The zero-order valence-corrected chi connectivity index (χ0v) is 15.9. The van der Waals surface area contributed by atoms with Crippen molar-refractivity contribution in [1.82, 2.24) is 0 Å². The fourth-order valence-electron chi connectivity index (χ4n) is 2.73. The smallest absolute Gasteiger partial charge is 0.422 e. The van der Waals surface area contributed by atoms with Crippen molar-refractivity contribution in [3.05, 3.63) is 71.0 Å². The second-order valence-corrected chi connectivity index (χ2v) is 6.52. The molecule has 0 saturated heterocycles. The summed E-state index contributed by atoms with van der Waals surface area (Å²) in [6, 6.07) is 4.93. The Morgan fingerprint density at radius 1 is 0.545 bits per heavy atom. The van der Waals surface area contributed by atoms with E-state index in [9.17, 15) is 39.5 Å². The Labute approximate surface area is 179 Å². The zero-order chi connectivity index (χ0) is 24.7. The third kappa shape index (κ3) is 5.02. The van der Waals surface area contributed by atoms with Gasteiger partial charge in [-0.3, -0.25) is 0 Å². The molecule has 0 saturated carbocycles. The number of hydrogen-bond acceptors (Lipinski definition) is 4. The van der Waals surface area contributed by atoms with Crippen molar-refractivity contribution in [1.29, 1.82) is 0 Å². The first-order chi connectivity index (χ1) is 15.2. The Balaban J connectivity index is 2.29. The SMILES string of the molecule is Nc1ccc(F)c(Oc2cc(Oc3cc(N)ccc3F)c(C(F)(F)F)c(F)c2C(F)(F)F)c1. The molecule has 13 heteroatoms. The molecule has 0 amide bonds. The number of rotatable bonds is 4. The normalized spacial score (nSPS) is 12.0. The minimum Gasteiger partial charge on any atom is -0.453 e. The molecule has 0 unspecified atom stereocenters. The summed E-state index contributed by atoms with van der Waals surface area (Å²) in [6.07, 6.45) is -11.4. The van der Waals surface area contributed by atoms with Crippen molar-refractivity contribution in [2.24, 2.45) is 0 Å². The number of nitrogens with two attached hydrogens (primary N) is 2. The maximum absolute atomic E-state index is 14.7. The van der Waals surface area contributed by atoms with E-state index in [-0.39, 0.29) is 17.4 Å². The fraction of sp³-hybridized carbons (Fsp3) is 0.100. The molecule has 0 spiro atoms. The molecule has 176 valence electrons. The average Bonchev–Trinajstić information content (AvgIpc) is 2.65. The number of benzene rings is 3. The summed E-state index contributed by atoms with van der Waals surface area (Å²) >= 11 is 0. The molecule has 3 rings (SSSR count). The van der Waals surface area contributed by atoms with Crippen molar-refractivity contribution in [2.45, 2.75) is 12.4 Å². The van der Waals surface area contributed by atoms with Gasteiger partial charge >= 0.3 is 12.4 Å². The zero-order valence-electron chi connectivity index (χ0n) is 15.9. The van der Waals surface area contributed by atoms with Gasteiger partial charge in [-0.05, 0) is 24.3 Å². The molecule has 0 heterocycles. The molecule has 3 aromatic rings. The van der Waals surface area contributed by atoms with E-state index >= 15 is 0 Å². The average molecular weight is 482 g/mol. The van der Waals surface area contributed by atoms with Crippen LogP contribution in [0.15, 0.2) is 42.5 Å². The first kappa shape index (κ1) is 23.9. The highest BCUT2D eigenvalue weighted by Gasteiger charge is 2.47. The van der Waals surface area contributed by atoms with Crippen molar-refractivity contribution in [2.75, 3.05) is 11.5 Å². The number of hydrogen-bond donors (Lipinski definition) is 2. The second-order valence-electron chi connectivity index (χ2n) is 6.52. The van der Waals surface area contributed by atoms with Gasteiger partial charge in [-0.1, -0.05) is 0 Å². The monoisotopic (exact) mass is 482 g/mol. The lowest BCUT2D eigenvalue weighted by Crippen LogP contribution is -2.18. The summed E-state index contributed by atoms with van der Waals surface area (Å²) in [5.41, 5.74) is 5.49. The number of halogens is 9. The van der Waals surface area contributed by atoms with E-state index in [4.69, 9.17) is 20.9 Å². The molecule has 0 bridgehead atoms. The van der Waals surface area contributed by atoms with Gasteiger partial charge < -0.3 is 20.9 Å². The van der Waals surface area contributed by atoms with Gasteiger partial charge in [-0.25, -0.2) is 13.2 Å². The summed E-state index contributed by atoms with van der Waals surface area (Å²) in [7, 11) is 0. The van der Waals surface area contributed by atoms with Gasteiger partial charge in [-0.15, -0.1) is 0 Å². The van der Waals surface area contributed by atoms with E-state index in [1.54, 1.807) is 0 Å². The van der Waals surface area contributed by atoms with Crippen molar-refractivity contribution in [3.8, 4) is 23.0 Å². The van der Waals surface area contributed by atoms with Crippen molar-refractivity contribution < 1.29 is 49.0 Å². The lowest BCUT2D eigenvalue weighted by molar-refractivity contribution is -0.148. The molecule has 0 aliphatic carbocycles. The van der Waals surface area contributed by atoms with E-state index in [0.717, 1.165) is 24.3 Å². The van der Waals surface area contributed by atoms with Gasteiger partial charge in [0.25, 0.3) is 0 Å². The highest BCUT2D eigenvalue weighted by atomic mass is 19.4. The van der Waals surface area contributed by atoms with Gasteiger partial charge in [0.05, 0.1) is 0 Å². The summed E-state index contributed by atoms with van der Waals surface area (Å²) in [4.78, 5) is 0. The molecule has 0 aliphatic heterocycles. The first-order valence-electron chi connectivity index (χ1n) is 8.65. The molecule has 0 fully saturated rings. The summed E-state index contributed by atoms with van der Waals surface area (Å²) in [5.74, 6) is -10.4. The topological polar surface area (TPSA) is 70.5 Å². The maximum atomic E-state index is 14.7. The number of anilines is 2. The fourth-order valence-corrected chi connectivity index (χ4v) is 2.73. The highest BCUT2D eigenvalue weighted by Crippen LogP contribution is 2.49. The maximum Gasteiger partial charge on any atom is 0.422 e. The van der Waals surface area contributed by atoms with Gasteiger partial charge in [0, 0.05) is 29.6 Å². The van der Waals surface area contributed by atoms with E-state index < -0.39 is 63.9 Å². The van der Waals surface area contributed by atoms with Crippen LogP contribution >= 0.6 is 0 Å². The summed E-state index contributed by atoms with van der Waals surface area (Å²) in [5, 5.41) is 0. The van der Waals surface area contributed by atoms with E-state index in [1.807, 2.05) is 0 Å². The summed E-state index contributed by atoms with van der Waals surface area (Å²) < 4.78 is 133. The number of ether oxygens (including phenoxy) is 2. The third-order valence-corrected chi connectivity index (χ3v) is 4.11. The third-order valence-electron chi connectivity index (χ3n) is 4.11. The largest absolute Gasteiger partial charge is 0.453 e. The first-order valence-corrected chi connectivity index (χ1v) is 8.65. The minimum absolute atomic E-state index is 0.0139. The quantitative estimate of drug-likeness (QED) is 0.314. The molecular formula is C20H11F9N2O2. The molecule has 33 heavy (non-hydrogen) atoms. The lowest BCUT2D eigenvalue weighted by Gasteiger charge is -2.21. The van der Waals surface area contributed by atoms with E-state index in [0.29, 0.717) is 12.1 Å². The van der Waals surface area contributed by atoms with Crippen LogP contribution in [-0.2, 0) is 12.4 Å². The lowest BCUT2D eigenvalue weighted by atomic mass is 10.1. The van der Waals surface area contributed by atoms with Crippen molar-refractivity contribution >= 4 is 11.4 Å². The van der Waals surface area contributed by atoms with Crippen LogP contribution in [0, 0.1) is 17.5 Å². The van der Waals surface area contributed by atoms with Gasteiger partial charge in [0.2, 0.25) is 0 Å². The van der Waals surface area contributed by atoms with Gasteiger partial charge in [0.1, 0.15) is 22.6 Å². The van der Waals surface area contributed by atoms with Gasteiger partial charge in [0.15, 0.2) is 29.0 Å². The Morgan fingerprint density at radius 2 is 0.909 bits per heavy atom. The van der Waals surface area contributed by atoms with Crippen LogP contribution in [0.25, 0.3) is 0 Å². The molecule has 4 nitrogen and oxygen atoms in total. The van der Waals surface area contributed by atoms with Crippen LogP contribution in [0.4, 0.5) is 50.9 Å². The highest BCUT2D eigenvalue weighted by molar-refractivity contribution is 5.55. The molecule has 0 radical (unpaired) electrons. The molecular weight excluding hydrogens is 471 g/mol. The molecule has 4 N–H and O–H groups in total. The Bertz CT molecular complexity index is 1120. The van der Waals surface area contributed by atoms with E-state index in [1.165, 1.54) is 0 Å². The van der Waals surface area contributed by atoms with Crippen LogP contribution in [0.5, 0.6) is 23.0 Å². The Morgan fingerprint density at radius 3 is 1.24 bits per heavy atom. The minimum atomic E-state index is -5.71. The second kappa shape index (κ2) is 8.30. The Kier molecular flexibility index (Phi) is 6.00. The predicted octanol–water partition coefficient (Wildman–Crippen LogP) is 6.89. The molecule has 0 aromatic heterocycles. The molecule has 3 aromatic carbocycles. The molecule has 0 atom stereocenters. The Hall–Kier alpha value is -3.77. The van der Waals surface area contributed by atoms with Crippen molar-refractivity contribution in [3.63, 3.8) is 0 Å². The van der Waals surface area contributed by atoms with Crippen LogP contribution in [0.2, 0.25) is 0 Å². The van der Waals surface area contributed by atoms with Crippen LogP contribution in [0.1, 0.15) is 11.1 Å².